The highest BCUT2D eigenvalue weighted by Gasteiger charge is 2.11. The van der Waals surface area contributed by atoms with Crippen molar-refractivity contribution in [1.82, 2.24) is 0 Å². The number of hydrogen-bond acceptors (Lipinski definition) is 3. The zero-order valence-corrected chi connectivity index (χ0v) is 10.2. The Morgan fingerprint density at radius 3 is 2.60 bits per heavy atom. The van der Waals surface area contributed by atoms with Crippen LogP contribution in [0, 0.1) is 0 Å². The number of thiocarbonyl (C=S) groups is 1. The molecule has 1 N–H and O–H groups in total. The monoisotopic (exact) mass is 223 g/mol. The minimum atomic E-state index is 0.0494. The van der Waals surface area contributed by atoms with Gasteiger partial charge in [-0.2, -0.15) is 0 Å². The molecule has 0 amide bonds. The van der Waals surface area contributed by atoms with Gasteiger partial charge in [0, 0.05) is 16.8 Å². The van der Waals surface area contributed by atoms with Crippen molar-refractivity contribution in [1.29, 1.82) is 0 Å². The Bertz CT molecular complexity index is 331. The van der Waals surface area contributed by atoms with Crippen molar-refractivity contribution in [2.75, 3.05) is 5.32 Å². The number of hydrogen-bond donors (Lipinski definition) is 1. The highest BCUT2D eigenvalue weighted by Crippen LogP contribution is 2.20. The highest BCUT2D eigenvalue weighted by atomic mass is 32.1. The van der Waals surface area contributed by atoms with Crippen LogP contribution in [-0.4, -0.2) is 11.1 Å². The van der Waals surface area contributed by atoms with Crippen LogP contribution < -0.4 is 5.32 Å². The maximum Gasteiger partial charge on any atom is 0.146 e. The fraction of sp³-hybridized carbons (Fsp3) is 0.417. The molecule has 1 rings (SSSR count). The lowest BCUT2D eigenvalue weighted by Gasteiger charge is -2.24. The van der Waals surface area contributed by atoms with E-state index in [9.17, 15) is 0 Å². The maximum atomic E-state index is 5.12. The fourth-order valence-corrected chi connectivity index (χ4v) is 1.36. The first-order chi connectivity index (χ1) is 7.03. The van der Waals surface area contributed by atoms with Gasteiger partial charge in [0.15, 0.2) is 0 Å². The fourth-order valence-electron chi connectivity index (χ4n) is 1.30. The minimum absolute atomic E-state index is 0.0494. The zero-order chi connectivity index (χ0) is 11.3. The van der Waals surface area contributed by atoms with Gasteiger partial charge in [-0.25, -0.2) is 0 Å². The molecular weight excluding hydrogens is 206 g/mol. The van der Waals surface area contributed by atoms with Crippen LogP contribution >= 0.6 is 12.2 Å². The van der Waals surface area contributed by atoms with Gasteiger partial charge in [0.25, 0.3) is 0 Å². The lowest BCUT2D eigenvalue weighted by molar-refractivity contribution is 0.315. The molecule has 0 unspecified atom stereocenters. The van der Waals surface area contributed by atoms with E-state index >= 15 is 0 Å². The van der Waals surface area contributed by atoms with Gasteiger partial charge >= 0.3 is 0 Å². The summed E-state index contributed by atoms with van der Waals surface area (Å²) in [5.41, 5.74) is 3.57. The van der Waals surface area contributed by atoms with Gasteiger partial charge in [-0.1, -0.05) is 18.2 Å². The summed E-state index contributed by atoms with van der Waals surface area (Å²) in [4.78, 5) is 0. The number of benzene rings is 1. The molecule has 0 fully saturated rings. The van der Waals surface area contributed by atoms with E-state index in [1.54, 1.807) is 0 Å². The highest BCUT2D eigenvalue weighted by molar-refractivity contribution is 7.78. The Morgan fingerprint density at radius 2 is 2.00 bits per heavy atom. The normalized spacial score (nSPS) is 10.9. The lowest BCUT2D eigenvalue weighted by atomic mass is 10.1. The summed E-state index contributed by atoms with van der Waals surface area (Å²) in [6.45, 7) is 6.90. The van der Waals surface area contributed by atoms with Crippen LogP contribution in [0.2, 0.25) is 0 Å². The summed E-state index contributed by atoms with van der Waals surface area (Å²) in [6, 6.07) is 8.09. The third-order valence-electron chi connectivity index (χ3n) is 1.83. The standard InChI is InChI=1S/C12H17NOS/c1-12(2,3)13-11-7-5-4-6-10(11)8-14-9-15/h4-7,9,13H,8H2,1-3H3. The molecule has 0 aliphatic rings. The topological polar surface area (TPSA) is 21.3 Å². The average Bonchev–Trinajstić information content (AvgIpc) is 2.14. The van der Waals surface area contributed by atoms with Crippen molar-refractivity contribution in [3.8, 4) is 0 Å². The lowest BCUT2D eigenvalue weighted by Crippen LogP contribution is -2.26. The predicted molar refractivity (Wildman–Crippen MR) is 68.3 cm³/mol. The molecule has 3 heteroatoms. The first kappa shape index (κ1) is 12.0. The molecule has 0 radical (unpaired) electrons. The Hall–Kier alpha value is -1.09. The molecule has 0 atom stereocenters. The molecule has 0 aliphatic heterocycles. The third-order valence-corrected chi connectivity index (χ3v) is 1.97. The van der Waals surface area contributed by atoms with Gasteiger partial charge in [-0.15, -0.1) is 0 Å². The first-order valence-electron chi connectivity index (χ1n) is 4.94. The molecule has 0 saturated carbocycles. The number of ether oxygens (including phenoxy) is 1. The van der Waals surface area contributed by atoms with Crippen LogP contribution in [0.3, 0.4) is 0 Å². The molecule has 0 aromatic heterocycles. The summed E-state index contributed by atoms with van der Waals surface area (Å²) in [5, 5.41) is 3.43. The Labute approximate surface area is 96.6 Å². The zero-order valence-electron chi connectivity index (χ0n) is 9.41. The van der Waals surface area contributed by atoms with Crippen LogP contribution in [0.1, 0.15) is 26.3 Å². The summed E-state index contributed by atoms with van der Waals surface area (Å²) in [6.07, 6.45) is 0. The molecule has 15 heavy (non-hydrogen) atoms. The SMILES string of the molecule is CC(C)(C)Nc1ccccc1COC=S. The summed E-state index contributed by atoms with van der Waals surface area (Å²) in [7, 11) is 0. The first-order valence-corrected chi connectivity index (χ1v) is 5.41. The van der Waals surface area contributed by atoms with Crippen molar-refractivity contribution >= 4 is 23.5 Å². The summed E-state index contributed by atoms with van der Waals surface area (Å²) < 4.78 is 5.12. The molecule has 82 valence electrons. The van der Waals surface area contributed by atoms with E-state index in [2.05, 4.69) is 38.3 Å². The molecule has 0 heterocycles. The molecule has 0 aliphatic carbocycles. The predicted octanol–water partition coefficient (Wildman–Crippen LogP) is 3.37. The second kappa shape index (κ2) is 5.12. The van der Waals surface area contributed by atoms with E-state index in [4.69, 9.17) is 4.74 Å². The van der Waals surface area contributed by atoms with E-state index in [1.807, 2.05) is 24.3 Å². The Morgan fingerprint density at radius 1 is 1.33 bits per heavy atom. The second-order valence-electron chi connectivity index (χ2n) is 4.44. The van der Waals surface area contributed by atoms with E-state index in [-0.39, 0.29) is 5.54 Å². The smallest absolute Gasteiger partial charge is 0.146 e. The van der Waals surface area contributed by atoms with E-state index < -0.39 is 0 Å². The molecule has 0 saturated heterocycles. The van der Waals surface area contributed by atoms with Gasteiger partial charge in [-0.05, 0) is 39.1 Å². The van der Waals surface area contributed by atoms with Crippen molar-refractivity contribution in [2.24, 2.45) is 0 Å². The number of nitrogens with one attached hydrogen (secondary N) is 1. The summed E-state index contributed by atoms with van der Waals surface area (Å²) >= 11 is 4.64. The molecular formula is C12H17NOS. The van der Waals surface area contributed by atoms with Crippen LogP contribution in [-0.2, 0) is 11.3 Å². The minimum Gasteiger partial charge on any atom is -0.485 e. The van der Waals surface area contributed by atoms with Crippen molar-refractivity contribution < 1.29 is 4.74 Å². The van der Waals surface area contributed by atoms with Gasteiger partial charge in [0.1, 0.15) is 12.2 Å². The maximum absolute atomic E-state index is 5.12. The number of para-hydroxylation sites is 1. The third kappa shape index (κ3) is 4.30. The van der Waals surface area contributed by atoms with Gasteiger partial charge in [0.05, 0.1) is 0 Å². The van der Waals surface area contributed by atoms with Gasteiger partial charge in [-0.3, -0.25) is 0 Å². The van der Waals surface area contributed by atoms with E-state index in [0.717, 1.165) is 11.3 Å². The molecule has 2 nitrogen and oxygen atoms in total. The Balaban J connectivity index is 2.81. The quantitative estimate of drug-likeness (QED) is 0.791. The molecule has 1 aromatic rings. The largest absolute Gasteiger partial charge is 0.485 e. The van der Waals surface area contributed by atoms with Crippen LogP contribution in [0.25, 0.3) is 0 Å². The van der Waals surface area contributed by atoms with E-state index in [1.165, 1.54) is 5.55 Å². The molecule has 0 bridgehead atoms. The van der Waals surface area contributed by atoms with Crippen LogP contribution in [0.5, 0.6) is 0 Å². The van der Waals surface area contributed by atoms with Gasteiger partial charge < -0.3 is 10.1 Å². The average molecular weight is 223 g/mol. The molecule has 1 aromatic carbocycles. The van der Waals surface area contributed by atoms with Gasteiger partial charge in [0.2, 0.25) is 0 Å². The summed E-state index contributed by atoms with van der Waals surface area (Å²) in [5.74, 6) is 0. The Kier molecular flexibility index (Phi) is 4.09. The van der Waals surface area contributed by atoms with Crippen molar-refractivity contribution in [3.05, 3.63) is 29.8 Å². The van der Waals surface area contributed by atoms with Crippen LogP contribution in [0.15, 0.2) is 24.3 Å². The second-order valence-corrected chi connectivity index (χ2v) is 4.63. The number of rotatable bonds is 4. The van der Waals surface area contributed by atoms with Crippen molar-refractivity contribution in [3.63, 3.8) is 0 Å². The van der Waals surface area contributed by atoms with Crippen LogP contribution in [0.4, 0.5) is 5.69 Å². The van der Waals surface area contributed by atoms with Crippen molar-refractivity contribution in [2.45, 2.75) is 32.9 Å². The van der Waals surface area contributed by atoms with E-state index in [0.29, 0.717) is 6.61 Å². The molecule has 0 spiro atoms. The number of anilines is 1.